The highest BCUT2D eigenvalue weighted by Gasteiger charge is 2.46. The first-order chi connectivity index (χ1) is 30.2. The van der Waals surface area contributed by atoms with Crippen molar-refractivity contribution in [3.05, 3.63) is 259 Å². The van der Waals surface area contributed by atoms with Crippen LogP contribution in [0.25, 0.3) is 66.1 Å². The van der Waals surface area contributed by atoms with E-state index in [2.05, 4.69) is 235 Å². The van der Waals surface area contributed by atoms with Crippen molar-refractivity contribution in [3.8, 4) is 33.4 Å². The molecule has 1 aliphatic carbocycles. The number of fused-ring (bicyclic) bond motifs is 7. The number of anilines is 3. The molecule has 10 aromatic carbocycles. The Morgan fingerprint density at radius 3 is 1.74 bits per heavy atom. The van der Waals surface area contributed by atoms with Gasteiger partial charge < -0.3 is 9.32 Å². The lowest BCUT2D eigenvalue weighted by molar-refractivity contribution is 0.669. The van der Waals surface area contributed by atoms with Gasteiger partial charge in [0.05, 0.1) is 16.5 Å². The average Bonchev–Trinajstić information content (AvgIpc) is 3.87. The molecule has 2 nitrogen and oxygen atoms in total. The monoisotopic (exact) mass is 777 g/mol. The molecule has 0 fully saturated rings. The Morgan fingerprint density at radius 1 is 0.344 bits per heavy atom. The van der Waals surface area contributed by atoms with Crippen LogP contribution in [-0.4, -0.2) is 0 Å². The van der Waals surface area contributed by atoms with Gasteiger partial charge in [-0.25, -0.2) is 0 Å². The lowest BCUT2D eigenvalue weighted by Crippen LogP contribution is -2.28. The van der Waals surface area contributed by atoms with E-state index in [-0.39, 0.29) is 0 Å². The third-order valence-corrected chi connectivity index (χ3v) is 12.7. The molecule has 1 aromatic heterocycles. The summed E-state index contributed by atoms with van der Waals surface area (Å²) in [6.07, 6.45) is 0. The summed E-state index contributed by atoms with van der Waals surface area (Å²) >= 11 is 0. The molecule has 61 heavy (non-hydrogen) atoms. The van der Waals surface area contributed by atoms with Crippen LogP contribution in [-0.2, 0) is 5.41 Å². The molecule has 12 rings (SSSR count). The highest BCUT2D eigenvalue weighted by Crippen LogP contribution is 2.57. The minimum Gasteiger partial charge on any atom is -0.456 e. The number of rotatable bonds is 7. The van der Waals surface area contributed by atoms with Gasteiger partial charge in [0.1, 0.15) is 11.2 Å². The van der Waals surface area contributed by atoms with Crippen LogP contribution in [0.5, 0.6) is 0 Å². The van der Waals surface area contributed by atoms with Gasteiger partial charge in [-0.3, -0.25) is 0 Å². The first kappa shape index (κ1) is 35.0. The largest absolute Gasteiger partial charge is 0.456 e. The lowest BCUT2D eigenvalue weighted by atomic mass is 9.67. The molecule has 11 aromatic rings. The Bertz CT molecular complexity index is 3380. The molecule has 0 saturated heterocycles. The quantitative estimate of drug-likeness (QED) is 0.160. The first-order valence-corrected chi connectivity index (χ1v) is 21.0. The van der Waals surface area contributed by atoms with E-state index in [1.54, 1.807) is 0 Å². The number of para-hydroxylation sites is 1. The van der Waals surface area contributed by atoms with Gasteiger partial charge in [-0.1, -0.05) is 182 Å². The van der Waals surface area contributed by atoms with Crippen LogP contribution in [0.3, 0.4) is 0 Å². The maximum atomic E-state index is 6.50. The van der Waals surface area contributed by atoms with Crippen LogP contribution < -0.4 is 4.90 Å². The van der Waals surface area contributed by atoms with Crippen molar-refractivity contribution >= 4 is 49.8 Å². The Balaban J connectivity index is 1.05. The molecule has 1 aliphatic rings. The fourth-order valence-electron chi connectivity index (χ4n) is 9.99. The smallest absolute Gasteiger partial charge is 0.137 e. The maximum absolute atomic E-state index is 6.50. The van der Waals surface area contributed by atoms with Gasteiger partial charge in [0.2, 0.25) is 0 Å². The molecule has 0 spiro atoms. The van der Waals surface area contributed by atoms with E-state index >= 15 is 0 Å². The van der Waals surface area contributed by atoms with Crippen LogP contribution in [0, 0.1) is 0 Å². The van der Waals surface area contributed by atoms with E-state index < -0.39 is 5.41 Å². The van der Waals surface area contributed by atoms with Gasteiger partial charge in [-0.05, 0) is 121 Å². The predicted molar refractivity (Wildman–Crippen MR) is 254 cm³/mol. The zero-order chi connectivity index (χ0) is 40.3. The molecule has 286 valence electrons. The minimum atomic E-state index is -0.523. The maximum Gasteiger partial charge on any atom is 0.137 e. The Labute approximate surface area is 355 Å². The van der Waals surface area contributed by atoms with Crippen molar-refractivity contribution in [1.29, 1.82) is 0 Å². The van der Waals surface area contributed by atoms with Gasteiger partial charge in [-0.2, -0.15) is 0 Å². The molecule has 0 bridgehead atoms. The number of furan rings is 1. The summed E-state index contributed by atoms with van der Waals surface area (Å²) in [7, 11) is 0. The second-order valence-electron chi connectivity index (χ2n) is 16.0. The summed E-state index contributed by atoms with van der Waals surface area (Å²) in [5, 5.41) is 4.68. The van der Waals surface area contributed by atoms with E-state index in [1.807, 2.05) is 6.07 Å². The van der Waals surface area contributed by atoms with Crippen molar-refractivity contribution in [2.45, 2.75) is 5.41 Å². The van der Waals surface area contributed by atoms with Gasteiger partial charge in [-0.15, -0.1) is 0 Å². The van der Waals surface area contributed by atoms with E-state index in [9.17, 15) is 0 Å². The SMILES string of the molecule is c1ccc(C2(c3ccccc3)c3ccccc3-c3ccc(N(c4ccc(-c5cccc(-c6ccc7ccccc7c6)c5)cc4)c4cccc5oc6ccccc6c45)cc32)cc1. The molecule has 0 atom stereocenters. The number of nitrogens with zero attached hydrogens (tertiary/aromatic N) is 1. The van der Waals surface area contributed by atoms with E-state index in [1.165, 1.54) is 60.8 Å². The fraction of sp³-hybridized carbons (Fsp3) is 0.0169. The molecule has 0 saturated carbocycles. The van der Waals surface area contributed by atoms with Crippen molar-refractivity contribution < 1.29 is 4.42 Å². The number of hydrogen-bond acceptors (Lipinski definition) is 2. The van der Waals surface area contributed by atoms with Crippen LogP contribution in [0.15, 0.2) is 241 Å². The summed E-state index contributed by atoms with van der Waals surface area (Å²) < 4.78 is 6.50. The van der Waals surface area contributed by atoms with E-state index in [4.69, 9.17) is 4.42 Å². The zero-order valence-corrected chi connectivity index (χ0v) is 33.4. The second kappa shape index (κ2) is 14.1. The van der Waals surface area contributed by atoms with Crippen LogP contribution in [0.1, 0.15) is 22.3 Å². The molecule has 0 aliphatic heterocycles. The van der Waals surface area contributed by atoms with Gasteiger partial charge in [0.25, 0.3) is 0 Å². The first-order valence-electron chi connectivity index (χ1n) is 21.0. The minimum absolute atomic E-state index is 0.523. The fourth-order valence-corrected chi connectivity index (χ4v) is 9.99. The van der Waals surface area contributed by atoms with Crippen molar-refractivity contribution in [3.63, 3.8) is 0 Å². The number of hydrogen-bond donors (Lipinski definition) is 0. The van der Waals surface area contributed by atoms with Gasteiger partial charge in [0, 0.05) is 16.8 Å². The Morgan fingerprint density at radius 2 is 0.934 bits per heavy atom. The van der Waals surface area contributed by atoms with Crippen LogP contribution in [0.2, 0.25) is 0 Å². The lowest BCUT2D eigenvalue weighted by Gasteiger charge is -2.35. The molecule has 0 unspecified atom stereocenters. The highest BCUT2D eigenvalue weighted by molar-refractivity contribution is 6.13. The normalized spacial score (nSPS) is 12.7. The predicted octanol–water partition coefficient (Wildman–Crippen LogP) is 15.9. The van der Waals surface area contributed by atoms with Crippen molar-refractivity contribution in [2.75, 3.05) is 4.90 Å². The summed E-state index contributed by atoms with van der Waals surface area (Å²) in [6.45, 7) is 0. The number of benzene rings is 10. The van der Waals surface area contributed by atoms with Crippen LogP contribution >= 0.6 is 0 Å². The average molecular weight is 778 g/mol. The Hall–Kier alpha value is -7.94. The third kappa shape index (κ3) is 5.57. The summed E-state index contributed by atoms with van der Waals surface area (Å²) in [5.41, 5.74) is 16.7. The third-order valence-electron chi connectivity index (χ3n) is 12.7. The molecule has 0 amide bonds. The molecule has 0 N–H and O–H groups in total. The highest BCUT2D eigenvalue weighted by atomic mass is 16.3. The summed E-state index contributed by atoms with van der Waals surface area (Å²) in [6, 6.07) is 86.1. The zero-order valence-electron chi connectivity index (χ0n) is 33.4. The standard InChI is InChI=1S/C59H39NO/c1-3-19-46(20-4-1)59(47-21-5-2-6-22-47)53-25-11-9-23-50(53)51-36-35-49(39-54(51)59)60(55-26-14-28-57-58(55)52-24-10-12-27-56(52)61-57)48-33-31-41(32-34-48)43-17-13-18-44(37-43)45-30-29-40-15-7-8-16-42(40)38-45/h1-39H. The summed E-state index contributed by atoms with van der Waals surface area (Å²) in [4.78, 5) is 2.42. The Kier molecular flexibility index (Phi) is 8.11. The molecule has 0 radical (unpaired) electrons. The molecular formula is C59H39NO. The second-order valence-corrected chi connectivity index (χ2v) is 16.0. The van der Waals surface area contributed by atoms with Crippen LogP contribution in [0.4, 0.5) is 17.1 Å². The topological polar surface area (TPSA) is 16.4 Å². The van der Waals surface area contributed by atoms with Crippen molar-refractivity contribution in [1.82, 2.24) is 0 Å². The van der Waals surface area contributed by atoms with Gasteiger partial charge >= 0.3 is 0 Å². The van der Waals surface area contributed by atoms with E-state index in [0.717, 1.165) is 44.6 Å². The molecular weight excluding hydrogens is 739 g/mol. The van der Waals surface area contributed by atoms with Gasteiger partial charge in [0.15, 0.2) is 0 Å². The molecule has 2 heteroatoms. The van der Waals surface area contributed by atoms with Crippen molar-refractivity contribution in [2.24, 2.45) is 0 Å². The summed E-state index contributed by atoms with van der Waals surface area (Å²) in [5.74, 6) is 0. The molecule has 1 heterocycles. The van der Waals surface area contributed by atoms with E-state index in [0.29, 0.717) is 0 Å².